The van der Waals surface area contributed by atoms with E-state index in [1.54, 1.807) is 11.8 Å². The zero-order valence-electron chi connectivity index (χ0n) is 14.9. The summed E-state index contributed by atoms with van der Waals surface area (Å²) in [5, 5.41) is 2.85. The van der Waals surface area contributed by atoms with Crippen molar-refractivity contribution < 1.29 is 14.3 Å². The van der Waals surface area contributed by atoms with Crippen molar-refractivity contribution in [3.63, 3.8) is 0 Å². The summed E-state index contributed by atoms with van der Waals surface area (Å²) < 4.78 is 5.61. The number of para-hydroxylation sites is 4. The minimum absolute atomic E-state index is 0.139. The smallest absolute Gasteiger partial charge is 0.267 e. The fraction of sp³-hybridized carbons (Fsp3) is 0.250. The van der Waals surface area contributed by atoms with E-state index in [0.29, 0.717) is 30.4 Å². The molecule has 0 saturated carbocycles. The topological polar surface area (TPSA) is 87.3 Å². The van der Waals surface area contributed by atoms with Gasteiger partial charge in [-0.05, 0) is 31.2 Å². The van der Waals surface area contributed by atoms with Crippen LogP contribution in [0.5, 0.6) is 5.75 Å². The van der Waals surface area contributed by atoms with Gasteiger partial charge in [0, 0.05) is 13.0 Å². The summed E-state index contributed by atoms with van der Waals surface area (Å²) in [6, 6.07) is 15.1. The third kappa shape index (κ3) is 3.48. The quantitative estimate of drug-likeness (QED) is 0.728. The molecule has 27 heavy (non-hydrogen) atoms. The Kier molecular flexibility index (Phi) is 4.50. The van der Waals surface area contributed by atoms with Crippen molar-refractivity contribution in [2.24, 2.45) is 0 Å². The number of carbonyl (C=O) groups excluding carboxylic acids is 2. The molecule has 1 aromatic heterocycles. The molecule has 0 spiro atoms. The highest BCUT2D eigenvalue weighted by Gasteiger charge is 2.31. The molecule has 0 bridgehead atoms. The number of carbonyl (C=O) groups is 2. The predicted octanol–water partition coefficient (Wildman–Crippen LogP) is 2.38. The summed E-state index contributed by atoms with van der Waals surface area (Å²) in [5.41, 5.74) is 2.50. The monoisotopic (exact) mass is 364 g/mol. The second-order valence-corrected chi connectivity index (χ2v) is 6.45. The van der Waals surface area contributed by atoms with Crippen LogP contribution in [-0.2, 0) is 16.1 Å². The molecule has 3 aromatic rings. The molecule has 2 aromatic carbocycles. The standard InChI is InChI=1S/C20H20N4O3/c1-13-20(26)24(16-8-4-5-9-17(16)27-13)11-10-19(25)21-12-18-22-14-6-2-3-7-15(14)23-18/h2-9,13H,10-12H2,1H3,(H,21,25)(H,22,23). The van der Waals surface area contributed by atoms with E-state index in [0.717, 1.165) is 11.0 Å². The Morgan fingerprint density at radius 2 is 2.00 bits per heavy atom. The average Bonchev–Trinajstić information content (AvgIpc) is 3.10. The number of fused-ring (bicyclic) bond motifs is 2. The van der Waals surface area contributed by atoms with Crippen molar-refractivity contribution in [3.8, 4) is 5.75 Å². The zero-order valence-corrected chi connectivity index (χ0v) is 14.9. The number of nitrogens with zero attached hydrogens (tertiary/aromatic N) is 2. The number of amides is 2. The Bertz CT molecular complexity index is 965. The van der Waals surface area contributed by atoms with Crippen LogP contribution in [0.2, 0.25) is 0 Å². The van der Waals surface area contributed by atoms with Crippen LogP contribution in [0, 0.1) is 0 Å². The lowest BCUT2D eigenvalue weighted by molar-refractivity contribution is -0.125. The SMILES string of the molecule is CC1Oc2ccccc2N(CCC(=O)NCc2nc3ccccc3[nH]2)C1=O. The molecule has 2 N–H and O–H groups in total. The first-order valence-corrected chi connectivity index (χ1v) is 8.89. The molecule has 0 fully saturated rings. The molecule has 4 rings (SSSR count). The van der Waals surface area contributed by atoms with E-state index in [9.17, 15) is 9.59 Å². The van der Waals surface area contributed by atoms with Crippen molar-refractivity contribution in [3.05, 3.63) is 54.4 Å². The first-order valence-electron chi connectivity index (χ1n) is 8.89. The number of ether oxygens (including phenoxy) is 1. The largest absolute Gasteiger partial charge is 0.479 e. The maximum atomic E-state index is 12.4. The summed E-state index contributed by atoms with van der Waals surface area (Å²) in [7, 11) is 0. The molecule has 0 aliphatic carbocycles. The zero-order chi connectivity index (χ0) is 18.8. The highest BCUT2D eigenvalue weighted by Crippen LogP contribution is 2.33. The van der Waals surface area contributed by atoms with Gasteiger partial charge in [0.15, 0.2) is 6.10 Å². The number of hydrogen-bond donors (Lipinski definition) is 2. The number of hydrogen-bond acceptors (Lipinski definition) is 4. The Hall–Kier alpha value is -3.35. The maximum absolute atomic E-state index is 12.4. The average molecular weight is 364 g/mol. The molecule has 7 heteroatoms. The number of imidazole rings is 1. The second kappa shape index (κ2) is 7.11. The summed E-state index contributed by atoms with van der Waals surface area (Å²) in [6.45, 7) is 2.33. The fourth-order valence-corrected chi connectivity index (χ4v) is 3.16. The minimum Gasteiger partial charge on any atom is -0.479 e. The van der Waals surface area contributed by atoms with E-state index < -0.39 is 6.10 Å². The summed E-state index contributed by atoms with van der Waals surface area (Å²) in [5.74, 6) is 1.08. The number of aromatic nitrogens is 2. The third-order valence-corrected chi connectivity index (χ3v) is 4.53. The van der Waals surface area contributed by atoms with Crippen molar-refractivity contribution in [2.45, 2.75) is 26.0 Å². The molecule has 0 saturated heterocycles. The Labute approximate surface area is 156 Å². The van der Waals surface area contributed by atoms with E-state index in [4.69, 9.17) is 4.74 Å². The molecule has 0 radical (unpaired) electrons. The minimum atomic E-state index is -0.557. The van der Waals surface area contributed by atoms with E-state index in [2.05, 4.69) is 15.3 Å². The van der Waals surface area contributed by atoms with Gasteiger partial charge in [-0.2, -0.15) is 0 Å². The first-order chi connectivity index (χ1) is 13.1. The second-order valence-electron chi connectivity index (χ2n) is 6.45. The molecule has 1 aliphatic rings. The van der Waals surface area contributed by atoms with Crippen LogP contribution in [0.15, 0.2) is 48.5 Å². The fourth-order valence-electron chi connectivity index (χ4n) is 3.16. The Morgan fingerprint density at radius 3 is 2.85 bits per heavy atom. The van der Waals surface area contributed by atoms with Crippen molar-refractivity contribution >= 4 is 28.5 Å². The van der Waals surface area contributed by atoms with Crippen LogP contribution < -0.4 is 15.0 Å². The molecule has 1 atom stereocenters. The van der Waals surface area contributed by atoms with Crippen LogP contribution in [0.3, 0.4) is 0 Å². The lowest BCUT2D eigenvalue weighted by Gasteiger charge is -2.32. The van der Waals surface area contributed by atoms with Gasteiger partial charge < -0.3 is 19.9 Å². The van der Waals surface area contributed by atoms with Crippen LogP contribution in [0.25, 0.3) is 11.0 Å². The molecule has 1 unspecified atom stereocenters. The lowest BCUT2D eigenvalue weighted by Crippen LogP contribution is -2.45. The molecule has 2 heterocycles. The van der Waals surface area contributed by atoms with E-state index >= 15 is 0 Å². The highest BCUT2D eigenvalue weighted by atomic mass is 16.5. The maximum Gasteiger partial charge on any atom is 0.267 e. The Morgan fingerprint density at radius 1 is 1.22 bits per heavy atom. The van der Waals surface area contributed by atoms with Gasteiger partial charge in [-0.1, -0.05) is 24.3 Å². The number of nitrogens with one attached hydrogen (secondary N) is 2. The number of H-pyrrole nitrogens is 1. The number of benzene rings is 2. The van der Waals surface area contributed by atoms with E-state index in [1.807, 2.05) is 48.5 Å². The molecule has 2 amide bonds. The molecule has 7 nitrogen and oxygen atoms in total. The first kappa shape index (κ1) is 17.1. The van der Waals surface area contributed by atoms with Crippen LogP contribution in [0.4, 0.5) is 5.69 Å². The van der Waals surface area contributed by atoms with E-state index in [1.165, 1.54) is 0 Å². The molecular formula is C20H20N4O3. The highest BCUT2D eigenvalue weighted by molar-refractivity contribution is 6.00. The van der Waals surface area contributed by atoms with Gasteiger partial charge in [-0.25, -0.2) is 4.98 Å². The molecule has 138 valence electrons. The van der Waals surface area contributed by atoms with Gasteiger partial charge in [0.05, 0.1) is 23.3 Å². The van der Waals surface area contributed by atoms with Gasteiger partial charge in [-0.3, -0.25) is 9.59 Å². The summed E-state index contributed by atoms with van der Waals surface area (Å²) in [6.07, 6.45) is -0.356. The third-order valence-electron chi connectivity index (χ3n) is 4.53. The molecule has 1 aliphatic heterocycles. The van der Waals surface area contributed by atoms with Gasteiger partial charge in [0.2, 0.25) is 5.91 Å². The summed E-state index contributed by atoms with van der Waals surface area (Å²) in [4.78, 5) is 33.9. The Balaban J connectivity index is 1.37. The van der Waals surface area contributed by atoms with Crippen LogP contribution >= 0.6 is 0 Å². The number of anilines is 1. The van der Waals surface area contributed by atoms with Crippen molar-refractivity contribution in [2.75, 3.05) is 11.4 Å². The molecular weight excluding hydrogens is 344 g/mol. The predicted molar refractivity (Wildman–Crippen MR) is 101 cm³/mol. The number of aromatic amines is 1. The van der Waals surface area contributed by atoms with Crippen LogP contribution in [-0.4, -0.2) is 34.4 Å². The van der Waals surface area contributed by atoms with Gasteiger partial charge in [0.25, 0.3) is 5.91 Å². The lowest BCUT2D eigenvalue weighted by atomic mass is 10.1. The van der Waals surface area contributed by atoms with Crippen molar-refractivity contribution in [1.82, 2.24) is 15.3 Å². The van der Waals surface area contributed by atoms with Gasteiger partial charge in [-0.15, -0.1) is 0 Å². The van der Waals surface area contributed by atoms with Gasteiger partial charge in [0.1, 0.15) is 11.6 Å². The normalized spacial score (nSPS) is 16.1. The summed E-state index contributed by atoms with van der Waals surface area (Å²) >= 11 is 0. The van der Waals surface area contributed by atoms with Crippen LogP contribution in [0.1, 0.15) is 19.2 Å². The van der Waals surface area contributed by atoms with E-state index in [-0.39, 0.29) is 18.2 Å². The van der Waals surface area contributed by atoms with Gasteiger partial charge >= 0.3 is 0 Å². The van der Waals surface area contributed by atoms with Crippen molar-refractivity contribution in [1.29, 1.82) is 0 Å². The number of rotatable bonds is 5.